The zero-order chi connectivity index (χ0) is 30.2. The van der Waals surface area contributed by atoms with Crippen molar-refractivity contribution in [1.82, 2.24) is 10.2 Å². The number of benzene rings is 3. The topological polar surface area (TPSA) is 96.0 Å². The number of rotatable bonds is 12. The molecule has 0 aromatic heterocycles. The number of sulfonamides is 1. The third-order valence-corrected chi connectivity index (χ3v) is 7.76. The highest BCUT2D eigenvalue weighted by molar-refractivity contribution is 9.10. The Bertz CT molecular complexity index is 1420. The number of ether oxygens (including phenoxy) is 1. The van der Waals surface area contributed by atoms with Crippen molar-refractivity contribution in [3.63, 3.8) is 0 Å². The normalized spacial score (nSPS) is 12.3. The van der Waals surface area contributed by atoms with E-state index in [0.717, 1.165) is 26.2 Å². The molecule has 10 heteroatoms. The number of carbonyl (C=O) groups is 2. The zero-order valence-electron chi connectivity index (χ0n) is 24.1. The lowest BCUT2D eigenvalue weighted by Crippen LogP contribution is -2.56. The number of carbonyl (C=O) groups excluding carboxylic acids is 2. The Hall–Kier alpha value is -3.37. The lowest BCUT2D eigenvalue weighted by Gasteiger charge is -2.35. The minimum absolute atomic E-state index is 0.105. The molecule has 0 bridgehead atoms. The van der Waals surface area contributed by atoms with Gasteiger partial charge in [-0.25, -0.2) is 8.42 Å². The number of hydrogen-bond donors (Lipinski definition) is 1. The van der Waals surface area contributed by atoms with Gasteiger partial charge in [-0.15, -0.1) is 0 Å². The lowest BCUT2D eigenvalue weighted by molar-refractivity contribution is -0.140. The molecule has 0 radical (unpaired) electrons. The summed E-state index contributed by atoms with van der Waals surface area (Å²) in [6, 6.07) is 22.6. The van der Waals surface area contributed by atoms with Gasteiger partial charge in [0.2, 0.25) is 21.8 Å². The first kappa shape index (κ1) is 32.1. The van der Waals surface area contributed by atoms with Gasteiger partial charge in [0.25, 0.3) is 0 Å². The molecule has 0 saturated heterocycles. The van der Waals surface area contributed by atoms with E-state index in [-0.39, 0.29) is 18.9 Å². The van der Waals surface area contributed by atoms with E-state index in [1.54, 1.807) is 24.3 Å². The van der Waals surface area contributed by atoms with Crippen LogP contribution in [-0.4, -0.2) is 56.1 Å². The fraction of sp³-hybridized carbons (Fsp3) is 0.355. The van der Waals surface area contributed by atoms with Crippen LogP contribution in [0.15, 0.2) is 83.3 Å². The van der Waals surface area contributed by atoms with Crippen molar-refractivity contribution in [3.05, 3.63) is 94.5 Å². The van der Waals surface area contributed by atoms with Crippen molar-refractivity contribution in [1.29, 1.82) is 0 Å². The highest BCUT2D eigenvalue weighted by Gasteiger charge is 2.34. The molecule has 1 atom stereocenters. The van der Waals surface area contributed by atoms with E-state index in [1.807, 2.05) is 82.3 Å². The maximum absolute atomic E-state index is 14.1. The monoisotopic (exact) mass is 643 g/mol. The molecule has 220 valence electrons. The Balaban J connectivity index is 2.05. The van der Waals surface area contributed by atoms with Crippen molar-refractivity contribution >= 4 is 43.5 Å². The van der Waals surface area contributed by atoms with Crippen LogP contribution in [0.4, 0.5) is 5.69 Å². The smallest absolute Gasteiger partial charge is 0.244 e. The van der Waals surface area contributed by atoms with E-state index in [2.05, 4.69) is 21.2 Å². The van der Waals surface area contributed by atoms with Gasteiger partial charge in [-0.3, -0.25) is 13.9 Å². The van der Waals surface area contributed by atoms with Gasteiger partial charge in [0.1, 0.15) is 18.3 Å². The van der Waals surface area contributed by atoms with Gasteiger partial charge in [-0.1, -0.05) is 58.4 Å². The third-order valence-electron chi connectivity index (χ3n) is 6.13. The Kier molecular flexibility index (Phi) is 11.0. The highest BCUT2D eigenvalue weighted by Crippen LogP contribution is 2.24. The van der Waals surface area contributed by atoms with Crippen molar-refractivity contribution in [2.45, 2.75) is 52.2 Å². The van der Waals surface area contributed by atoms with Crippen molar-refractivity contribution in [3.8, 4) is 5.75 Å². The summed E-state index contributed by atoms with van der Waals surface area (Å²) >= 11 is 3.48. The van der Waals surface area contributed by atoms with Crippen LogP contribution in [0.2, 0.25) is 0 Å². The van der Waals surface area contributed by atoms with Crippen LogP contribution < -0.4 is 14.4 Å². The second kappa shape index (κ2) is 14.0. The molecule has 0 spiro atoms. The van der Waals surface area contributed by atoms with Gasteiger partial charge in [0.15, 0.2) is 0 Å². The average Bonchev–Trinajstić information content (AvgIpc) is 2.89. The maximum Gasteiger partial charge on any atom is 0.244 e. The second-order valence-corrected chi connectivity index (χ2v) is 13.6. The number of amides is 2. The number of nitrogens with zero attached hydrogens (tertiary/aromatic N) is 2. The minimum atomic E-state index is -3.85. The van der Waals surface area contributed by atoms with E-state index in [4.69, 9.17) is 4.74 Å². The molecular formula is C31H38BrN3O5S. The first-order valence-corrected chi connectivity index (χ1v) is 16.0. The van der Waals surface area contributed by atoms with E-state index in [0.29, 0.717) is 18.0 Å². The molecule has 3 rings (SSSR count). The van der Waals surface area contributed by atoms with E-state index < -0.39 is 34.1 Å². The van der Waals surface area contributed by atoms with Crippen molar-refractivity contribution < 1.29 is 22.7 Å². The van der Waals surface area contributed by atoms with Crippen LogP contribution in [0.5, 0.6) is 5.75 Å². The van der Waals surface area contributed by atoms with E-state index in [9.17, 15) is 18.0 Å². The maximum atomic E-state index is 14.1. The number of anilines is 1. The lowest BCUT2D eigenvalue weighted by atomic mass is 10.0. The van der Waals surface area contributed by atoms with Crippen molar-refractivity contribution in [2.24, 2.45) is 0 Å². The molecule has 3 aromatic rings. The van der Waals surface area contributed by atoms with Crippen LogP contribution in [-0.2, 0) is 32.6 Å². The van der Waals surface area contributed by atoms with Crippen LogP contribution in [0.25, 0.3) is 0 Å². The summed E-state index contributed by atoms with van der Waals surface area (Å²) < 4.78 is 33.2. The Labute approximate surface area is 251 Å². The van der Waals surface area contributed by atoms with Crippen LogP contribution in [0, 0.1) is 0 Å². The van der Waals surface area contributed by atoms with Crippen LogP contribution in [0.3, 0.4) is 0 Å². The van der Waals surface area contributed by atoms with Gasteiger partial charge < -0.3 is 15.0 Å². The van der Waals surface area contributed by atoms with Gasteiger partial charge in [-0.05, 0) is 75.2 Å². The Morgan fingerprint density at radius 2 is 1.59 bits per heavy atom. The fourth-order valence-electron chi connectivity index (χ4n) is 4.33. The second-order valence-electron chi connectivity index (χ2n) is 10.8. The molecule has 8 nitrogen and oxygen atoms in total. The predicted octanol–water partition coefficient (Wildman–Crippen LogP) is 5.17. The summed E-state index contributed by atoms with van der Waals surface area (Å²) in [5.74, 6) is -0.236. The van der Waals surface area contributed by atoms with Crippen LogP contribution >= 0.6 is 15.9 Å². The summed E-state index contributed by atoms with van der Waals surface area (Å²) in [6.07, 6.45) is 1.31. The number of hydrogen-bond acceptors (Lipinski definition) is 5. The molecule has 2 amide bonds. The van der Waals surface area contributed by atoms with Crippen LogP contribution in [0.1, 0.15) is 38.8 Å². The fourth-order valence-corrected chi connectivity index (χ4v) is 5.62. The Morgan fingerprint density at radius 3 is 2.15 bits per heavy atom. The summed E-state index contributed by atoms with van der Waals surface area (Å²) in [4.78, 5) is 29.4. The van der Waals surface area contributed by atoms with Gasteiger partial charge in [0, 0.05) is 23.0 Å². The summed E-state index contributed by atoms with van der Waals surface area (Å²) in [5, 5.41) is 3.02. The molecule has 0 aliphatic rings. The quantitative estimate of drug-likeness (QED) is 0.294. The first-order valence-electron chi connectivity index (χ1n) is 13.4. The molecule has 1 unspecified atom stereocenters. The molecule has 0 fully saturated rings. The average molecular weight is 645 g/mol. The largest absolute Gasteiger partial charge is 0.494 e. The minimum Gasteiger partial charge on any atom is -0.494 e. The van der Waals surface area contributed by atoms with Gasteiger partial charge in [0.05, 0.1) is 18.6 Å². The summed E-state index contributed by atoms with van der Waals surface area (Å²) in [5.41, 5.74) is 1.45. The summed E-state index contributed by atoms with van der Waals surface area (Å²) in [6.45, 7) is 7.59. The molecule has 41 heavy (non-hydrogen) atoms. The third kappa shape index (κ3) is 9.89. The molecule has 1 N–H and O–H groups in total. The SMILES string of the molecule is CCOc1ccc(N(CC(=O)N(Cc2cccc(Br)c2)C(Cc2ccccc2)C(=O)NC(C)(C)C)S(C)(=O)=O)cc1. The van der Waals surface area contributed by atoms with Crippen molar-refractivity contribution in [2.75, 3.05) is 23.7 Å². The van der Waals surface area contributed by atoms with E-state index >= 15 is 0 Å². The molecular weight excluding hydrogens is 606 g/mol. The molecule has 0 aliphatic carbocycles. The predicted molar refractivity (Wildman–Crippen MR) is 166 cm³/mol. The number of nitrogens with one attached hydrogen (secondary N) is 1. The summed E-state index contributed by atoms with van der Waals surface area (Å²) in [7, 11) is -3.85. The molecule has 0 heterocycles. The zero-order valence-corrected chi connectivity index (χ0v) is 26.5. The van der Waals surface area contributed by atoms with Gasteiger partial charge in [-0.2, -0.15) is 0 Å². The number of halogens is 1. The van der Waals surface area contributed by atoms with Gasteiger partial charge >= 0.3 is 0 Å². The molecule has 0 aliphatic heterocycles. The first-order chi connectivity index (χ1) is 19.3. The Morgan fingerprint density at radius 1 is 0.951 bits per heavy atom. The molecule has 3 aromatic carbocycles. The molecule has 0 saturated carbocycles. The standard InChI is InChI=1S/C31H38BrN3O5S/c1-6-40-27-17-15-26(16-18-27)35(41(5,38)39)22-29(36)34(21-24-13-10-14-25(32)19-24)28(30(37)33-31(2,3)4)20-23-11-8-7-9-12-23/h7-19,28H,6,20-22H2,1-5H3,(H,33,37). The highest BCUT2D eigenvalue weighted by atomic mass is 79.9. The van der Waals surface area contributed by atoms with E-state index in [1.165, 1.54) is 4.90 Å².